The van der Waals surface area contributed by atoms with Gasteiger partial charge < -0.3 is 18.9 Å². The van der Waals surface area contributed by atoms with Gasteiger partial charge in [0.1, 0.15) is 11.9 Å². The first kappa shape index (κ1) is 24.4. The molecule has 1 aromatic rings. The van der Waals surface area contributed by atoms with Crippen molar-refractivity contribution in [1.82, 2.24) is 0 Å². The van der Waals surface area contributed by atoms with Gasteiger partial charge in [0.15, 0.2) is 16.6 Å². The molecule has 1 aliphatic heterocycles. The zero-order valence-electron chi connectivity index (χ0n) is 20.4. The SMILES string of the molecule is CC(C)(C)[Si](C)(C)OCC(CO[Si](C)(C)C(C)(C)C)Oc1cccc2c1CCN2. The second-order valence-electron chi connectivity index (χ2n) is 11.3. The average Bonchev–Trinajstić information content (AvgIpc) is 3.04. The lowest BCUT2D eigenvalue weighted by molar-refractivity contribution is 0.0700. The lowest BCUT2D eigenvalue weighted by Gasteiger charge is -2.39. The highest BCUT2D eigenvalue weighted by Gasteiger charge is 2.40. The quantitative estimate of drug-likeness (QED) is 0.475. The van der Waals surface area contributed by atoms with Gasteiger partial charge >= 0.3 is 0 Å². The van der Waals surface area contributed by atoms with Gasteiger partial charge in [-0.2, -0.15) is 0 Å². The van der Waals surface area contributed by atoms with E-state index in [-0.39, 0.29) is 16.2 Å². The molecule has 166 valence electrons. The third kappa shape index (κ3) is 6.09. The van der Waals surface area contributed by atoms with Gasteiger partial charge in [0.05, 0.1) is 13.2 Å². The van der Waals surface area contributed by atoms with Crippen LogP contribution in [0.4, 0.5) is 5.69 Å². The molecule has 0 saturated heterocycles. The molecule has 1 aliphatic rings. The summed E-state index contributed by atoms with van der Waals surface area (Å²) in [7, 11) is -3.71. The molecule has 0 amide bonds. The third-order valence-corrected chi connectivity index (χ3v) is 16.0. The number of fused-ring (bicyclic) bond motifs is 1. The molecule has 0 fully saturated rings. The molecule has 1 N–H and O–H groups in total. The van der Waals surface area contributed by atoms with Crippen molar-refractivity contribution in [3.63, 3.8) is 0 Å². The summed E-state index contributed by atoms with van der Waals surface area (Å²) in [5.41, 5.74) is 2.47. The standard InChI is InChI=1S/C23H43NO3Si2/c1-22(2,3)28(7,8)25-16-18(17-26-29(9,10)23(4,5)6)27-21-13-11-12-20-19(21)14-15-24-20/h11-13,18,24H,14-17H2,1-10H3. The maximum Gasteiger partial charge on any atom is 0.192 e. The molecule has 0 spiro atoms. The van der Waals surface area contributed by atoms with E-state index < -0.39 is 16.6 Å². The van der Waals surface area contributed by atoms with Gasteiger partial charge in [0.2, 0.25) is 0 Å². The fourth-order valence-electron chi connectivity index (χ4n) is 2.75. The summed E-state index contributed by atoms with van der Waals surface area (Å²) >= 11 is 0. The van der Waals surface area contributed by atoms with Crippen LogP contribution in [0, 0.1) is 0 Å². The molecule has 0 unspecified atom stereocenters. The Bertz CT molecular complexity index is 660. The third-order valence-electron chi connectivity index (χ3n) is 6.99. The number of hydrogen-bond acceptors (Lipinski definition) is 4. The summed E-state index contributed by atoms with van der Waals surface area (Å²) in [6, 6.07) is 6.27. The summed E-state index contributed by atoms with van der Waals surface area (Å²) in [6.07, 6.45) is 0.898. The molecule has 1 aromatic carbocycles. The molecule has 2 rings (SSSR count). The maximum absolute atomic E-state index is 6.53. The Hall–Kier alpha value is -0.826. The monoisotopic (exact) mass is 437 g/mol. The minimum Gasteiger partial charge on any atom is -0.485 e. The number of hydrogen-bond donors (Lipinski definition) is 1. The minimum absolute atomic E-state index is 0.106. The van der Waals surface area contributed by atoms with Crippen LogP contribution in [0.25, 0.3) is 0 Å². The number of rotatable bonds is 8. The van der Waals surface area contributed by atoms with Crippen molar-refractivity contribution in [2.75, 3.05) is 25.1 Å². The first-order chi connectivity index (χ1) is 13.1. The molecule has 4 nitrogen and oxygen atoms in total. The maximum atomic E-state index is 6.53. The van der Waals surface area contributed by atoms with E-state index >= 15 is 0 Å². The van der Waals surface area contributed by atoms with Crippen molar-refractivity contribution in [2.24, 2.45) is 0 Å². The Balaban J connectivity index is 2.16. The predicted octanol–water partition coefficient (Wildman–Crippen LogP) is 6.45. The van der Waals surface area contributed by atoms with E-state index in [1.165, 1.54) is 11.3 Å². The van der Waals surface area contributed by atoms with Crippen LogP contribution in [0.2, 0.25) is 36.3 Å². The van der Waals surface area contributed by atoms with Crippen molar-refractivity contribution >= 4 is 22.3 Å². The van der Waals surface area contributed by atoms with Gasteiger partial charge in [-0.25, -0.2) is 0 Å². The van der Waals surface area contributed by atoms with Gasteiger partial charge in [0, 0.05) is 17.8 Å². The number of anilines is 1. The normalized spacial score (nSPS) is 15.4. The molecule has 6 heteroatoms. The highest BCUT2D eigenvalue weighted by molar-refractivity contribution is 6.74. The van der Waals surface area contributed by atoms with Crippen LogP contribution in [0.5, 0.6) is 5.75 Å². The van der Waals surface area contributed by atoms with Crippen LogP contribution in [-0.2, 0) is 15.3 Å². The molecule has 0 aliphatic carbocycles. The molecule has 0 atom stereocenters. The van der Waals surface area contributed by atoms with Crippen LogP contribution >= 0.6 is 0 Å². The van der Waals surface area contributed by atoms with Crippen LogP contribution in [0.15, 0.2) is 18.2 Å². The van der Waals surface area contributed by atoms with Crippen molar-refractivity contribution in [3.05, 3.63) is 23.8 Å². The van der Waals surface area contributed by atoms with E-state index in [1.807, 2.05) is 0 Å². The number of ether oxygens (including phenoxy) is 1. The Morgan fingerprint density at radius 3 is 1.90 bits per heavy atom. The van der Waals surface area contributed by atoms with E-state index in [0.717, 1.165) is 18.7 Å². The van der Waals surface area contributed by atoms with Crippen molar-refractivity contribution < 1.29 is 13.6 Å². The van der Waals surface area contributed by atoms with E-state index in [2.05, 4.69) is 91.2 Å². The summed E-state index contributed by atoms with van der Waals surface area (Å²) in [5, 5.41) is 3.79. The second kappa shape index (κ2) is 8.73. The van der Waals surface area contributed by atoms with Gasteiger partial charge in [-0.15, -0.1) is 0 Å². The van der Waals surface area contributed by atoms with Crippen LogP contribution in [0.3, 0.4) is 0 Å². The van der Waals surface area contributed by atoms with E-state index in [4.69, 9.17) is 13.6 Å². The van der Waals surface area contributed by atoms with E-state index in [9.17, 15) is 0 Å². The summed E-state index contributed by atoms with van der Waals surface area (Å²) in [6.45, 7) is 24.9. The topological polar surface area (TPSA) is 39.7 Å². The lowest BCUT2D eigenvalue weighted by Crippen LogP contribution is -2.47. The average molecular weight is 438 g/mol. The molecule has 1 heterocycles. The zero-order chi connectivity index (χ0) is 22.1. The molecular weight excluding hydrogens is 394 g/mol. The highest BCUT2D eigenvalue weighted by atomic mass is 28.4. The largest absolute Gasteiger partial charge is 0.485 e. The minimum atomic E-state index is -1.85. The molecular formula is C23H43NO3Si2. The van der Waals surface area contributed by atoms with Crippen LogP contribution in [-0.4, -0.2) is 42.5 Å². The van der Waals surface area contributed by atoms with Gasteiger partial charge in [-0.05, 0) is 54.8 Å². The van der Waals surface area contributed by atoms with E-state index in [1.54, 1.807) is 0 Å². The lowest BCUT2D eigenvalue weighted by atomic mass is 10.1. The van der Waals surface area contributed by atoms with Gasteiger partial charge in [-0.1, -0.05) is 47.6 Å². The first-order valence-electron chi connectivity index (χ1n) is 10.9. The van der Waals surface area contributed by atoms with Crippen LogP contribution in [0.1, 0.15) is 47.1 Å². The first-order valence-corrected chi connectivity index (χ1v) is 16.8. The van der Waals surface area contributed by atoms with E-state index in [0.29, 0.717) is 13.2 Å². The molecule has 0 saturated carbocycles. The Labute approximate surface area is 181 Å². The highest BCUT2D eigenvalue weighted by Crippen LogP contribution is 2.38. The van der Waals surface area contributed by atoms with Crippen LogP contribution < -0.4 is 10.1 Å². The Morgan fingerprint density at radius 2 is 1.41 bits per heavy atom. The second-order valence-corrected chi connectivity index (χ2v) is 21.0. The molecule has 0 radical (unpaired) electrons. The number of benzene rings is 1. The summed E-state index contributed by atoms with van der Waals surface area (Å²) < 4.78 is 19.6. The molecule has 29 heavy (non-hydrogen) atoms. The fraction of sp³-hybridized carbons (Fsp3) is 0.739. The predicted molar refractivity (Wildman–Crippen MR) is 129 cm³/mol. The smallest absolute Gasteiger partial charge is 0.192 e. The molecule has 0 bridgehead atoms. The molecule has 0 aromatic heterocycles. The summed E-state index contributed by atoms with van der Waals surface area (Å²) in [4.78, 5) is 0. The van der Waals surface area contributed by atoms with Crippen molar-refractivity contribution in [2.45, 2.75) is 90.3 Å². The van der Waals surface area contributed by atoms with Crippen molar-refractivity contribution in [3.8, 4) is 5.75 Å². The van der Waals surface area contributed by atoms with Gasteiger partial charge in [-0.3, -0.25) is 0 Å². The van der Waals surface area contributed by atoms with Gasteiger partial charge in [0.25, 0.3) is 0 Å². The fourth-order valence-corrected chi connectivity index (χ4v) is 4.82. The number of nitrogens with one attached hydrogen (secondary N) is 1. The van der Waals surface area contributed by atoms with Crippen molar-refractivity contribution in [1.29, 1.82) is 0 Å². The zero-order valence-corrected chi connectivity index (χ0v) is 22.4. The Morgan fingerprint density at radius 1 is 0.897 bits per heavy atom. The summed E-state index contributed by atoms with van der Waals surface area (Å²) in [5.74, 6) is 0.968. The Kier molecular flexibility index (Phi) is 7.36.